The quantitative estimate of drug-likeness (QED) is 0.831. The topological polar surface area (TPSA) is 29.0 Å². The number of rotatable bonds is 2. The number of nitrogens with zero attached hydrogens (tertiary/aromatic N) is 3. The molecule has 0 radical (unpaired) electrons. The fraction of sp³-hybridized carbons (Fsp3) is 0.467. The summed E-state index contributed by atoms with van der Waals surface area (Å²) in [7, 11) is 0. The van der Waals surface area contributed by atoms with Gasteiger partial charge in [0.15, 0.2) is 0 Å². The largest absolute Gasteiger partial charge is 0.351 e. The van der Waals surface area contributed by atoms with Crippen LogP contribution in [0, 0.1) is 6.92 Å². The summed E-state index contributed by atoms with van der Waals surface area (Å²) in [6, 6.07) is 5.45. The Labute approximate surface area is 118 Å². The summed E-state index contributed by atoms with van der Waals surface area (Å²) < 4.78 is 0. The highest BCUT2D eigenvalue weighted by molar-refractivity contribution is 7.09. The molecule has 19 heavy (non-hydrogen) atoms. The Morgan fingerprint density at radius 2 is 1.95 bits per heavy atom. The molecule has 3 heterocycles. The molecule has 2 atom stereocenters. The van der Waals surface area contributed by atoms with Gasteiger partial charge < -0.3 is 4.90 Å². The molecule has 100 valence electrons. The average Bonchev–Trinajstić information content (AvgIpc) is 2.97. The van der Waals surface area contributed by atoms with E-state index in [0.717, 1.165) is 22.1 Å². The van der Waals surface area contributed by atoms with Crippen LogP contribution in [-0.4, -0.2) is 22.1 Å². The van der Waals surface area contributed by atoms with Gasteiger partial charge in [-0.25, -0.2) is 9.97 Å². The van der Waals surface area contributed by atoms with Crippen molar-refractivity contribution in [2.75, 3.05) is 4.90 Å². The second-order valence-corrected chi connectivity index (χ2v) is 6.40. The highest BCUT2D eigenvalue weighted by atomic mass is 32.1. The van der Waals surface area contributed by atoms with Crippen LogP contribution >= 0.6 is 11.3 Å². The molecule has 0 spiro atoms. The molecule has 0 bridgehead atoms. The first kappa shape index (κ1) is 12.6. The van der Waals surface area contributed by atoms with E-state index in [1.807, 2.05) is 13.1 Å². The molecule has 0 aromatic carbocycles. The predicted octanol–water partition coefficient (Wildman–Crippen LogP) is 3.89. The third-order valence-corrected chi connectivity index (χ3v) is 4.65. The van der Waals surface area contributed by atoms with Crippen molar-refractivity contribution < 1.29 is 0 Å². The SMILES string of the molecule is Cc1nc(-c2ccc(N3C(C)CCC3C)nc2)cs1. The first-order chi connectivity index (χ1) is 9.15. The van der Waals surface area contributed by atoms with Crippen LogP contribution in [0.2, 0.25) is 0 Å². The lowest BCUT2D eigenvalue weighted by molar-refractivity contribution is 0.683. The van der Waals surface area contributed by atoms with Crippen LogP contribution < -0.4 is 4.90 Å². The Kier molecular flexibility index (Phi) is 3.27. The van der Waals surface area contributed by atoms with Gasteiger partial charge in [-0.3, -0.25) is 0 Å². The van der Waals surface area contributed by atoms with Crippen molar-refractivity contribution in [1.29, 1.82) is 0 Å². The Balaban J connectivity index is 1.86. The fourth-order valence-electron chi connectivity index (χ4n) is 2.83. The first-order valence-corrected chi connectivity index (χ1v) is 7.70. The molecule has 0 aliphatic carbocycles. The highest BCUT2D eigenvalue weighted by Gasteiger charge is 2.28. The van der Waals surface area contributed by atoms with E-state index >= 15 is 0 Å². The fourth-order valence-corrected chi connectivity index (χ4v) is 3.45. The van der Waals surface area contributed by atoms with E-state index in [4.69, 9.17) is 0 Å². The van der Waals surface area contributed by atoms with Crippen molar-refractivity contribution in [3.8, 4) is 11.3 Å². The number of hydrogen-bond acceptors (Lipinski definition) is 4. The average molecular weight is 273 g/mol. The van der Waals surface area contributed by atoms with E-state index in [1.165, 1.54) is 12.8 Å². The number of aromatic nitrogens is 2. The van der Waals surface area contributed by atoms with E-state index in [-0.39, 0.29) is 0 Å². The minimum absolute atomic E-state index is 0.592. The molecule has 2 aromatic heterocycles. The highest BCUT2D eigenvalue weighted by Crippen LogP contribution is 2.30. The Bertz CT molecular complexity index is 551. The smallest absolute Gasteiger partial charge is 0.128 e. The number of thiazole rings is 1. The molecule has 1 saturated heterocycles. The zero-order chi connectivity index (χ0) is 13.4. The second-order valence-electron chi connectivity index (χ2n) is 5.34. The van der Waals surface area contributed by atoms with Crippen molar-refractivity contribution in [3.05, 3.63) is 28.7 Å². The summed E-state index contributed by atoms with van der Waals surface area (Å²) in [4.78, 5) is 11.6. The van der Waals surface area contributed by atoms with Crippen molar-refractivity contribution in [2.45, 2.75) is 45.7 Å². The van der Waals surface area contributed by atoms with Crippen LogP contribution in [0.4, 0.5) is 5.82 Å². The summed E-state index contributed by atoms with van der Waals surface area (Å²) in [5.41, 5.74) is 2.14. The van der Waals surface area contributed by atoms with E-state index in [1.54, 1.807) is 11.3 Å². The number of pyridine rings is 1. The van der Waals surface area contributed by atoms with Gasteiger partial charge in [-0.15, -0.1) is 11.3 Å². The zero-order valence-electron chi connectivity index (χ0n) is 11.6. The summed E-state index contributed by atoms with van der Waals surface area (Å²) in [5, 5.41) is 3.19. The van der Waals surface area contributed by atoms with E-state index in [2.05, 4.69) is 46.2 Å². The minimum Gasteiger partial charge on any atom is -0.351 e. The van der Waals surface area contributed by atoms with Crippen LogP contribution in [-0.2, 0) is 0 Å². The van der Waals surface area contributed by atoms with Gasteiger partial charge in [-0.1, -0.05) is 0 Å². The van der Waals surface area contributed by atoms with Crippen molar-refractivity contribution in [2.24, 2.45) is 0 Å². The summed E-state index contributed by atoms with van der Waals surface area (Å²) in [5.74, 6) is 1.09. The van der Waals surface area contributed by atoms with Gasteiger partial charge in [-0.05, 0) is 45.7 Å². The van der Waals surface area contributed by atoms with Gasteiger partial charge in [0.2, 0.25) is 0 Å². The lowest BCUT2D eigenvalue weighted by Crippen LogP contribution is -2.33. The third kappa shape index (κ3) is 2.37. The van der Waals surface area contributed by atoms with Crippen LogP contribution in [0.1, 0.15) is 31.7 Å². The van der Waals surface area contributed by atoms with Crippen molar-refractivity contribution >= 4 is 17.2 Å². The maximum Gasteiger partial charge on any atom is 0.128 e. The first-order valence-electron chi connectivity index (χ1n) is 6.82. The molecule has 0 amide bonds. The number of hydrogen-bond donors (Lipinski definition) is 0. The van der Waals surface area contributed by atoms with Crippen LogP contribution in [0.15, 0.2) is 23.7 Å². The van der Waals surface area contributed by atoms with Gasteiger partial charge in [0.25, 0.3) is 0 Å². The molecule has 3 rings (SSSR count). The van der Waals surface area contributed by atoms with Crippen LogP contribution in [0.5, 0.6) is 0 Å². The predicted molar refractivity (Wildman–Crippen MR) is 80.7 cm³/mol. The normalized spacial score (nSPS) is 23.0. The molecule has 1 aliphatic rings. The Hall–Kier alpha value is -1.42. The Morgan fingerprint density at radius 1 is 1.21 bits per heavy atom. The van der Waals surface area contributed by atoms with Crippen molar-refractivity contribution in [1.82, 2.24) is 9.97 Å². The lowest BCUT2D eigenvalue weighted by Gasteiger charge is -2.27. The van der Waals surface area contributed by atoms with E-state index < -0.39 is 0 Å². The van der Waals surface area contributed by atoms with Gasteiger partial charge in [-0.2, -0.15) is 0 Å². The van der Waals surface area contributed by atoms with Crippen LogP contribution in [0.3, 0.4) is 0 Å². The molecular weight excluding hydrogens is 254 g/mol. The monoisotopic (exact) mass is 273 g/mol. The van der Waals surface area contributed by atoms with Crippen LogP contribution in [0.25, 0.3) is 11.3 Å². The van der Waals surface area contributed by atoms with Gasteiger partial charge in [0.1, 0.15) is 5.82 Å². The number of anilines is 1. The minimum atomic E-state index is 0.592. The maximum atomic E-state index is 4.64. The van der Waals surface area contributed by atoms with E-state index in [9.17, 15) is 0 Å². The molecule has 1 aliphatic heterocycles. The molecule has 4 heteroatoms. The van der Waals surface area contributed by atoms with Gasteiger partial charge in [0.05, 0.1) is 10.7 Å². The molecule has 1 fully saturated rings. The molecule has 0 saturated carbocycles. The second kappa shape index (κ2) is 4.93. The number of aryl methyl sites for hydroxylation is 1. The maximum absolute atomic E-state index is 4.64. The molecule has 2 aromatic rings. The van der Waals surface area contributed by atoms with E-state index in [0.29, 0.717) is 12.1 Å². The standard InChI is InChI=1S/C15H19N3S/c1-10-4-5-11(2)18(10)15-7-6-13(8-16-15)14-9-19-12(3)17-14/h6-11H,4-5H2,1-3H3. The molecule has 3 nitrogen and oxygen atoms in total. The third-order valence-electron chi connectivity index (χ3n) is 3.88. The van der Waals surface area contributed by atoms with Crippen molar-refractivity contribution in [3.63, 3.8) is 0 Å². The van der Waals surface area contributed by atoms with Gasteiger partial charge >= 0.3 is 0 Å². The molecule has 0 N–H and O–H groups in total. The Morgan fingerprint density at radius 3 is 2.47 bits per heavy atom. The zero-order valence-corrected chi connectivity index (χ0v) is 12.4. The lowest BCUT2D eigenvalue weighted by atomic mass is 10.2. The summed E-state index contributed by atoms with van der Waals surface area (Å²) >= 11 is 1.68. The molecular formula is C15H19N3S. The van der Waals surface area contributed by atoms with Gasteiger partial charge in [0, 0.05) is 29.2 Å². The summed E-state index contributed by atoms with van der Waals surface area (Å²) in [6.07, 6.45) is 4.47. The summed E-state index contributed by atoms with van der Waals surface area (Å²) in [6.45, 7) is 6.59. The molecule has 2 unspecified atom stereocenters.